The van der Waals surface area contributed by atoms with Crippen LogP contribution in [-0.4, -0.2) is 77.3 Å². The van der Waals surface area contributed by atoms with Crippen LogP contribution in [0, 0.1) is 0 Å². The molecule has 4 saturated heterocycles. The molecule has 0 aromatic heterocycles. The summed E-state index contributed by atoms with van der Waals surface area (Å²) >= 11 is 0. The van der Waals surface area contributed by atoms with Gasteiger partial charge in [0.1, 0.15) is 96.2 Å². The van der Waals surface area contributed by atoms with Crippen molar-refractivity contribution in [2.45, 2.75) is 42.2 Å². The molecule has 12 nitrogen and oxygen atoms in total. The van der Waals surface area contributed by atoms with Crippen LogP contribution in [0.2, 0.25) is 0 Å². The van der Waals surface area contributed by atoms with Gasteiger partial charge in [0.15, 0.2) is 0 Å². The van der Waals surface area contributed by atoms with Gasteiger partial charge < -0.3 is 46.9 Å². The number of fused-ring (bicyclic) bond motifs is 6. The highest BCUT2D eigenvalue weighted by Crippen LogP contribution is 2.69. The number of benzene rings is 8. The summed E-state index contributed by atoms with van der Waals surface area (Å²) in [4.78, 5) is 0. The lowest BCUT2D eigenvalue weighted by Crippen LogP contribution is -2.34. The molecule has 6 heterocycles. The van der Waals surface area contributed by atoms with Gasteiger partial charge in [-0.25, -0.2) is 0 Å². The first kappa shape index (κ1) is 49.4. The number of hydrogen-bond acceptors (Lipinski definition) is 12. The van der Waals surface area contributed by atoms with Crippen molar-refractivity contribution in [3.05, 3.63) is 216 Å². The molecule has 6 atom stereocenters. The molecular formula is C63H56O12P2. The predicted molar refractivity (Wildman–Crippen MR) is 294 cm³/mol. The summed E-state index contributed by atoms with van der Waals surface area (Å²) in [6.45, 7) is 7.09. The summed E-state index contributed by atoms with van der Waals surface area (Å²) < 4.78 is 88.4. The monoisotopic (exact) mass is 1070 g/mol. The average molecular weight is 1070 g/mol. The molecular weight excluding hydrogens is 1010 g/mol. The van der Waals surface area contributed by atoms with E-state index >= 15 is 9.13 Å². The molecule has 390 valence electrons. The van der Waals surface area contributed by atoms with Crippen LogP contribution in [0.3, 0.4) is 0 Å². The maximum absolute atomic E-state index is 15.5. The maximum atomic E-state index is 15.5. The van der Waals surface area contributed by atoms with Crippen molar-refractivity contribution in [3.8, 4) is 56.8 Å². The number of para-hydroxylation sites is 2. The van der Waals surface area contributed by atoms with Gasteiger partial charge in [0, 0.05) is 11.1 Å². The molecule has 0 radical (unpaired) electrons. The first-order valence-electron chi connectivity index (χ1n) is 26.1. The Morgan fingerprint density at radius 2 is 0.740 bits per heavy atom. The Kier molecular flexibility index (Phi) is 13.3. The van der Waals surface area contributed by atoms with Gasteiger partial charge in [-0.1, -0.05) is 121 Å². The standard InChI is InChI=1S/C32H29O6P.C31H27O6P/c1-32(22-10-14-24(15-11-22)34-18-26-20-36-26,23-12-16-25(17-13-23)35-19-27-21-37-27)39(33)31-9-5-3-7-29(31)28-6-2-4-8-30(28)38-39;32-38(30-8-4-2-6-28(30)27-5-1-3-7-29(27)37-38)31(21-9-13-23(14-10-21)33-17-25-19-35-25)22-11-15-24(16-12-22)34-18-26-20-36-26/h2-17,26-27H,18-21H2,1H3;1-16,25-26,31H,17-20H2. The molecule has 0 spiro atoms. The number of ether oxygens (including phenoxy) is 8. The Labute approximate surface area is 447 Å². The molecule has 14 rings (SSSR count). The van der Waals surface area contributed by atoms with E-state index in [1.807, 2.05) is 201 Å². The molecule has 4 fully saturated rings. The zero-order valence-electron chi connectivity index (χ0n) is 42.3. The molecule has 0 N–H and O–H groups in total. The lowest BCUT2D eigenvalue weighted by atomic mass is 9.92. The Morgan fingerprint density at radius 1 is 0.416 bits per heavy atom. The molecule has 8 aromatic carbocycles. The van der Waals surface area contributed by atoms with E-state index in [0.717, 1.165) is 99.2 Å². The molecule has 6 aliphatic rings. The van der Waals surface area contributed by atoms with Crippen molar-refractivity contribution in [2.75, 3.05) is 52.9 Å². The number of rotatable bonds is 18. The van der Waals surface area contributed by atoms with Gasteiger partial charge in [-0.2, -0.15) is 0 Å². The average Bonchev–Trinajstić information content (AvgIpc) is 4.26. The maximum Gasteiger partial charge on any atom is 0.292 e. The fourth-order valence-electron chi connectivity index (χ4n) is 10.1. The summed E-state index contributed by atoms with van der Waals surface area (Å²) in [6, 6.07) is 62.6. The van der Waals surface area contributed by atoms with Crippen LogP contribution >= 0.6 is 14.7 Å². The largest absolute Gasteiger partial charge is 0.491 e. The minimum Gasteiger partial charge on any atom is -0.491 e. The lowest BCUT2D eigenvalue weighted by molar-refractivity contribution is 0.263. The SMILES string of the molecule is CC(c1ccc(OCC2CO2)cc1)(c1ccc(OCC2CO2)cc1)P1(=O)Oc2ccccc2-c2ccccc21.O=P1(C(c2ccc(OCC3CO3)cc2)c2ccc(OCC3CO3)cc2)Oc2ccccc2-c2ccccc21. The molecule has 0 bridgehead atoms. The third kappa shape index (κ3) is 10.2. The normalized spacial score (nSPS) is 23.6. The van der Waals surface area contributed by atoms with Crippen LogP contribution in [0.1, 0.15) is 34.8 Å². The molecule has 0 aliphatic carbocycles. The van der Waals surface area contributed by atoms with E-state index in [1.54, 1.807) is 0 Å². The zero-order valence-corrected chi connectivity index (χ0v) is 44.1. The highest BCUT2D eigenvalue weighted by atomic mass is 31.2. The van der Waals surface area contributed by atoms with Crippen molar-refractivity contribution in [2.24, 2.45) is 0 Å². The van der Waals surface area contributed by atoms with Crippen LogP contribution in [-0.2, 0) is 33.2 Å². The molecule has 0 amide bonds. The van der Waals surface area contributed by atoms with Gasteiger partial charge in [0.05, 0.1) is 37.0 Å². The second-order valence-electron chi connectivity index (χ2n) is 20.1. The van der Waals surface area contributed by atoms with Crippen molar-refractivity contribution in [3.63, 3.8) is 0 Å². The zero-order chi connectivity index (χ0) is 52.0. The van der Waals surface area contributed by atoms with Crippen molar-refractivity contribution in [1.82, 2.24) is 0 Å². The van der Waals surface area contributed by atoms with Gasteiger partial charge in [0.25, 0.3) is 14.7 Å². The smallest absolute Gasteiger partial charge is 0.292 e. The Morgan fingerprint density at radius 3 is 1.14 bits per heavy atom. The van der Waals surface area contributed by atoms with Crippen LogP contribution < -0.4 is 38.6 Å². The fraction of sp³-hybridized carbons (Fsp3) is 0.238. The van der Waals surface area contributed by atoms with E-state index in [9.17, 15) is 0 Å². The quantitative estimate of drug-likeness (QED) is 0.0597. The van der Waals surface area contributed by atoms with E-state index in [1.165, 1.54) is 0 Å². The van der Waals surface area contributed by atoms with Crippen molar-refractivity contribution in [1.29, 1.82) is 0 Å². The Bertz CT molecular complexity index is 3380. The van der Waals surface area contributed by atoms with Crippen molar-refractivity contribution < 1.29 is 56.1 Å². The lowest BCUT2D eigenvalue weighted by Gasteiger charge is -2.41. The van der Waals surface area contributed by atoms with E-state index < -0.39 is 25.6 Å². The fourth-order valence-corrected chi connectivity index (χ4v) is 16.0. The summed E-state index contributed by atoms with van der Waals surface area (Å²) in [5.41, 5.74) is 6.75. The van der Waals surface area contributed by atoms with Crippen LogP contribution in [0.25, 0.3) is 22.3 Å². The first-order valence-corrected chi connectivity index (χ1v) is 29.4. The first-order chi connectivity index (χ1) is 37.7. The minimum atomic E-state index is -3.60. The molecule has 14 heteroatoms. The van der Waals surface area contributed by atoms with E-state index in [2.05, 4.69) is 0 Å². The minimum absolute atomic E-state index is 0.171. The Balaban J connectivity index is 0.000000147. The number of hydrogen-bond donors (Lipinski definition) is 0. The summed E-state index contributed by atoms with van der Waals surface area (Å²) in [7, 11) is -7.08. The summed E-state index contributed by atoms with van der Waals surface area (Å²) in [5, 5.41) is 0.428. The summed E-state index contributed by atoms with van der Waals surface area (Å²) in [6.07, 6.45) is 0.700. The Hall–Kier alpha value is -7.14. The highest BCUT2D eigenvalue weighted by molar-refractivity contribution is 7.69. The molecule has 8 aromatic rings. The van der Waals surface area contributed by atoms with E-state index in [4.69, 9.17) is 46.9 Å². The topological polar surface area (TPSA) is 140 Å². The van der Waals surface area contributed by atoms with E-state index in [0.29, 0.717) is 43.2 Å². The molecule has 77 heavy (non-hydrogen) atoms. The van der Waals surface area contributed by atoms with Gasteiger partial charge in [-0.05, 0) is 113 Å². The van der Waals surface area contributed by atoms with E-state index in [-0.39, 0.29) is 24.4 Å². The molecule has 6 aliphatic heterocycles. The third-order valence-electron chi connectivity index (χ3n) is 14.8. The van der Waals surface area contributed by atoms with Gasteiger partial charge in [-0.15, -0.1) is 0 Å². The van der Waals surface area contributed by atoms with Crippen molar-refractivity contribution >= 4 is 25.3 Å². The van der Waals surface area contributed by atoms with Crippen LogP contribution in [0.4, 0.5) is 0 Å². The molecule has 6 unspecified atom stereocenters. The number of epoxide rings is 4. The second-order valence-corrected chi connectivity index (χ2v) is 25.1. The van der Waals surface area contributed by atoms with Gasteiger partial charge in [-0.3, -0.25) is 9.13 Å². The third-order valence-corrected chi connectivity index (χ3v) is 20.8. The highest BCUT2D eigenvalue weighted by Gasteiger charge is 2.54. The predicted octanol–water partition coefficient (Wildman–Crippen LogP) is 12.2. The van der Waals surface area contributed by atoms with Gasteiger partial charge >= 0.3 is 0 Å². The van der Waals surface area contributed by atoms with Crippen LogP contribution in [0.15, 0.2) is 194 Å². The van der Waals surface area contributed by atoms with Gasteiger partial charge in [0.2, 0.25) is 0 Å². The summed E-state index contributed by atoms with van der Waals surface area (Å²) in [5.74, 6) is 4.26. The molecule has 0 saturated carbocycles. The second kappa shape index (κ2) is 20.7. The van der Waals surface area contributed by atoms with Crippen LogP contribution in [0.5, 0.6) is 34.5 Å².